The van der Waals surface area contributed by atoms with E-state index in [-0.39, 0.29) is 5.56 Å². The lowest BCUT2D eigenvalue weighted by atomic mass is 10.2. The van der Waals surface area contributed by atoms with Crippen LogP contribution in [0.15, 0.2) is 17.0 Å². The van der Waals surface area contributed by atoms with E-state index in [0.29, 0.717) is 0 Å². The molecule has 1 N–H and O–H groups in total. The summed E-state index contributed by atoms with van der Waals surface area (Å²) in [6.45, 7) is 1.34. The van der Waals surface area contributed by atoms with E-state index in [1.54, 1.807) is 0 Å². The largest absolute Gasteiger partial charge is 0.506 e. The van der Waals surface area contributed by atoms with Crippen molar-refractivity contribution in [2.24, 2.45) is 0 Å². The summed E-state index contributed by atoms with van der Waals surface area (Å²) in [6.07, 6.45) is 0. The molecule has 0 fully saturated rings. The maximum Gasteiger partial charge on any atom is 0.338 e. The Balaban J connectivity index is 3.62. The Bertz CT molecular complexity index is 439. The van der Waals surface area contributed by atoms with Gasteiger partial charge in [-0.2, -0.15) is 8.42 Å². The number of aromatic hydroxyl groups is 1. The van der Waals surface area contributed by atoms with Crippen molar-refractivity contribution in [1.29, 1.82) is 0 Å². The highest BCUT2D eigenvalue weighted by Crippen LogP contribution is 2.30. The molecule has 13 heavy (non-hydrogen) atoms. The maximum absolute atomic E-state index is 12.7. The van der Waals surface area contributed by atoms with E-state index < -0.39 is 26.7 Å². The third kappa shape index (κ3) is 1.77. The van der Waals surface area contributed by atoms with Gasteiger partial charge in [-0.05, 0) is 18.6 Å². The average molecular weight is 208 g/mol. The van der Waals surface area contributed by atoms with E-state index >= 15 is 0 Å². The summed E-state index contributed by atoms with van der Waals surface area (Å²) in [6, 6.07) is 1.93. The van der Waals surface area contributed by atoms with Crippen LogP contribution < -0.4 is 0 Å². The van der Waals surface area contributed by atoms with Crippen LogP contribution in [0, 0.1) is 12.7 Å². The number of aryl methyl sites for hydroxylation is 1. The van der Waals surface area contributed by atoms with E-state index in [9.17, 15) is 16.7 Å². The summed E-state index contributed by atoms with van der Waals surface area (Å²) in [5, 5.41) is 9.05. The molecule has 1 aromatic rings. The van der Waals surface area contributed by atoms with Crippen LogP contribution in [0.5, 0.6) is 5.75 Å². The van der Waals surface area contributed by atoms with Crippen molar-refractivity contribution in [2.75, 3.05) is 0 Å². The Morgan fingerprint density at radius 3 is 2.31 bits per heavy atom. The molecule has 0 heterocycles. The number of benzene rings is 1. The normalized spacial score (nSPS) is 11.6. The van der Waals surface area contributed by atoms with Crippen molar-refractivity contribution >= 4 is 10.2 Å². The third-order valence-electron chi connectivity index (χ3n) is 1.53. The van der Waals surface area contributed by atoms with Gasteiger partial charge < -0.3 is 5.11 Å². The number of phenolic OH excluding ortho intramolecular Hbond substituents is 1. The zero-order chi connectivity index (χ0) is 10.2. The van der Waals surface area contributed by atoms with Gasteiger partial charge in [-0.15, -0.1) is 3.89 Å². The molecule has 6 heteroatoms. The van der Waals surface area contributed by atoms with Crippen LogP contribution in [0.2, 0.25) is 0 Å². The molecule has 1 aromatic carbocycles. The van der Waals surface area contributed by atoms with E-state index in [1.807, 2.05) is 0 Å². The molecule has 72 valence electrons. The highest BCUT2D eigenvalue weighted by molar-refractivity contribution is 7.86. The molecular weight excluding hydrogens is 202 g/mol. The van der Waals surface area contributed by atoms with Gasteiger partial charge in [0.1, 0.15) is 11.6 Å². The molecule has 0 bridgehead atoms. The second-order valence-corrected chi connectivity index (χ2v) is 3.76. The number of hydrogen-bond donors (Lipinski definition) is 1. The first kappa shape index (κ1) is 9.91. The molecule has 0 saturated heterocycles. The monoisotopic (exact) mass is 208 g/mol. The minimum absolute atomic E-state index is 0.0950. The van der Waals surface area contributed by atoms with Crippen LogP contribution >= 0.6 is 0 Å². The van der Waals surface area contributed by atoms with E-state index in [0.717, 1.165) is 12.1 Å². The molecule has 3 nitrogen and oxygen atoms in total. The number of halogens is 2. The van der Waals surface area contributed by atoms with Crippen LogP contribution in [0.3, 0.4) is 0 Å². The SMILES string of the molecule is Cc1ccc(F)c(S(=O)(=O)F)c1O. The fourth-order valence-electron chi connectivity index (χ4n) is 0.877. The minimum atomic E-state index is -5.21. The van der Waals surface area contributed by atoms with Crippen LogP contribution in [0.25, 0.3) is 0 Å². The maximum atomic E-state index is 12.7. The van der Waals surface area contributed by atoms with Crippen molar-refractivity contribution in [1.82, 2.24) is 0 Å². The summed E-state index contributed by atoms with van der Waals surface area (Å²) < 4.78 is 45.9. The van der Waals surface area contributed by atoms with Crippen LogP contribution in [-0.2, 0) is 10.2 Å². The van der Waals surface area contributed by atoms with Gasteiger partial charge in [0, 0.05) is 0 Å². The van der Waals surface area contributed by atoms with Gasteiger partial charge in [-0.25, -0.2) is 4.39 Å². The molecule has 0 aliphatic heterocycles. The first-order valence-electron chi connectivity index (χ1n) is 3.27. The standard InChI is InChI=1S/C7H6F2O3S/c1-4-2-3-5(8)7(6(4)10)13(9,11)12/h2-3,10H,1H3. The van der Waals surface area contributed by atoms with Crippen molar-refractivity contribution < 1.29 is 21.8 Å². The number of phenols is 1. The molecule has 0 radical (unpaired) electrons. The predicted octanol–water partition coefficient (Wildman–Crippen LogP) is 1.50. The second-order valence-electron chi connectivity index (χ2n) is 2.48. The van der Waals surface area contributed by atoms with Crippen molar-refractivity contribution in [2.45, 2.75) is 11.8 Å². The zero-order valence-corrected chi connectivity index (χ0v) is 7.40. The molecule has 0 aromatic heterocycles. The lowest BCUT2D eigenvalue weighted by Gasteiger charge is -2.03. The average Bonchev–Trinajstić information content (AvgIpc) is 1.95. The Morgan fingerprint density at radius 1 is 1.38 bits per heavy atom. The van der Waals surface area contributed by atoms with Gasteiger partial charge in [0.2, 0.25) is 0 Å². The van der Waals surface area contributed by atoms with Crippen molar-refractivity contribution in [3.8, 4) is 5.75 Å². The molecule has 0 atom stereocenters. The highest BCUT2D eigenvalue weighted by atomic mass is 32.3. The van der Waals surface area contributed by atoms with Gasteiger partial charge >= 0.3 is 10.2 Å². The second kappa shape index (κ2) is 2.95. The van der Waals surface area contributed by atoms with Gasteiger partial charge in [-0.1, -0.05) is 6.07 Å². The molecule has 1 rings (SSSR count). The Kier molecular flexibility index (Phi) is 2.25. The quantitative estimate of drug-likeness (QED) is 0.711. The van der Waals surface area contributed by atoms with Crippen molar-refractivity contribution in [3.63, 3.8) is 0 Å². The fraction of sp³-hybridized carbons (Fsp3) is 0.143. The van der Waals surface area contributed by atoms with E-state index in [4.69, 9.17) is 5.11 Å². The molecule has 0 saturated carbocycles. The van der Waals surface area contributed by atoms with Gasteiger partial charge in [0.25, 0.3) is 0 Å². The van der Waals surface area contributed by atoms with Crippen LogP contribution in [0.4, 0.5) is 8.28 Å². The lowest BCUT2D eigenvalue weighted by Crippen LogP contribution is -1.98. The Morgan fingerprint density at radius 2 is 1.92 bits per heavy atom. The fourth-order valence-corrected chi connectivity index (χ4v) is 1.57. The summed E-state index contributed by atoms with van der Waals surface area (Å²) >= 11 is 0. The molecule has 0 amide bonds. The number of rotatable bonds is 1. The lowest BCUT2D eigenvalue weighted by molar-refractivity contribution is 0.436. The van der Waals surface area contributed by atoms with Gasteiger partial charge in [0.15, 0.2) is 4.90 Å². The minimum Gasteiger partial charge on any atom is -0.506 e. The zero-order valence-electron chi connectivity index (χ0n) is 6.58. The summed E-state index contributed by atoms with van der Waals surface area (Å²) in [7, 11) is -5.21. The summed E-state index contributed by atoms with van der Waals surface area (Å²) in [4.78, 5) is -1.30. The Labute approximate surface area is 73.8 Å². The molecule has 0 spiro atoms. The van der Waals surface area contributed by atoms with Crippen LogP contribution in [-0.4, -0.2) is 13.5 Å². The first-order valence-corrected chi connectivity index (χ1v) is 4.65. The molecular formula is C7H6F2O3S. The summed E-state index contributed by atoms with van der Waals surface area (Å²) in [5.74, 6) is -2.19. The third-order valence-corrected chi connectivity index (χ3v) is 2.40. The molecule has 0 unspecified atom stereocenters. The highest BCUT2D eigenvalue weighted by Gasteiger charge is 2.23. The Hall–Kier alpha value is -1.17. The van der Waals surface area contributed by atoms with Crippen molar-refractivity contribution in [3.05, 3.63) is 23.5 Å². The number of hydrogen-bond acceptors (Lipinski definition) is 3. The molecule has 0 aliphatic rings. The molecule has 0 aliphatic carbocycles. The topological polar surface area (TPSA) is 54.4 Å². The summed E-state index contributed by atoms with van der Waals surface area (Å²) in [5.41, 5.74) is 0.0950. The van der Waals surface area contributed by atoms with Crippen LogP contribution in [0.1, 0.15) is 5.56 Å². The predicted molar refractivity (Wildman–Crippen MR) is 41.1 cm³/mol. The smallest absolute Gasteiger partial charge is 0.338 e. The van der Waals surface area contributed by atoms with E-state index in [1.165, 1.54) is 6.92 Å². The van der Waals surface area contributed by atoms with E-state index in [2.05, 4.69) is 0 Å². The van der Waals surface area contributed by atoms with Gasteiger partial charge in [-0.3, -0.25) is 0 Å². The van der Waals surface area contributed by atoms with Gasteiger partial charge in [0.05, 0.1) is 0 Å². The first-order chi connectivity index (χ1) is 5.84.